The van der Waals surface area contributed by atoms with Crippen molar-refractivity contribution in [1.82, 2.24) is 10.2 Å². The van der Waals surface area contributed by atoms with E-state index < -0.39 is 17.8 Å². The Labute approximate surface area is 207 Å². The van der Waals surface area contributed by atoms with Gasteiger partial charge in [0.25, 0.3) is 0 Å². The van der Waals surface area contributed by atoms with Crippen molar-refractivity contribution < 1.29 is 14.0 Å². The van der Waals surface area contributed by atoms with E-state index in [0.717, 1.165) is 5.56 Å². The van der Waals surface area contributed by atoms with Crippen LogP contribution in [0.2, 0.25) is 15.1 Å². The fourth-order valence-corrected chi connectivity index (χ4v) is 4.28. The number of carbonyl (C=O) groups excluding carboxylic acids is 2. The van der Waals surface area contributed by atoms with Crippen LogP contribution in [0, 0.1) is 5.82 Å². The molecule has 8 heteroatoms. The first-order chi connectivity index (χ1) is 15.8. The Kier molecular flexibility index (Phi) is 8.73. The fourth-order valence-electron chi connectivity index (χ4n) is 3.53. The molecule has 172 valence electrons. The Balaban J connectivity index is 2.03. The summed E-state index contributed by atoms with van der Waals surface area (Å²) in [6, 6.07) is 17.7. The van der Waals surface area contributed by atoms with E-state index in [0.29, 0.717) is 15.6 Å². The monoisotopic (exact) mass is 506 g/mol. The van der Waals surface area contributed by atoms with Gasteiger partial charge in [0.15, 0.2) is 0 Å². The molecule has 0 saturated carbocycles. The van der Waals surface area contributed by atoms with Gasteiger partial charge in [-0.1, -0.05) is 77.3 Å². The maximum Gasteiger partial charge on any atom is 0.242 e. The lowest BCUT2D eigenvalue weighted by molar-refractivity contribution is -0.140. The second-order valence-electron chi connectivity index (χ2n) is 7.42. The Morgan fingerprint density at radius 1 is 0.879 bits per heavy atom. The minimum Gasteiger partial charge on any atom is -0.357 e. The molecular weight excluding hydrogens is 486 g/mol. The van der Waals surface area contributed by atoms with Gasteiger partial charge in [-0.3, -0.25) is 9.59 Å². The number of amides is 2. The van der Waals surface area contributed by atoms with Gasteiger partial charge in [0.1, 0.15) is 11.9 Å². The number of nitrogens with zero attached hydrogens (tertiary/aromatic N) is 1. The van der Waals surface area contributed by atoms with Gasteiger partial charge in [-0.2, -0.15) is 0 Å². The van der Waals surface area contributed by atoms with Crippen LogP contribution in [0.15, 0.2) is 66.7 Å². The highest BCUT2D eigenvalue weighted by Gasteiger charge is 2.31. The van der Waals surface area contributed by atoms with Crippen LogP contribution in [-0.2, 0) is 29.0 Å². The minimum atomic E-state index is -0.886. The topological polar surface area (TPSA) is 49.4 Å². The molecule has 3 aromatic rings. The zero-order valence-electron chi connectivity index (χ0n) is 17.8. The molecule has 0 heterocycles. The second kappa shape index (κ2) is 11.5. The minimum absolute atomic E-state index is 0.0334. The first kappa shape index (κ1) is 25.0. The van der Waals surface area contributed by atoms with E-state index in [-0.39, 0.29) is 35.9 Å². The van der Waals surface area contributed by atoms with Crippen molar-refractivity contribution in [3.63, 3.8) is 0 Å². The summed E-state index contributed by atoms with van der Waals surface area (Å²) in [5.74, 6) is -1.44. The summed E-state index contributed by atoms with van der Waals surface area (Å²) in [5.41, 5.74) is 1.42. The van der Waals surface area contributed by atoms with Gasteiger partial charge in [0.05, 0.1) is 6.42 Å². The largest absolute Gasteiger partial charge is 0.357 e. The number of halogens is 4. The number of nitrogens with one attached hydrogen (secondary N) is 1. The molecule has 0 aromatic heterocycles. The van der Waals surface area contributed by atoms with E-state index in [1.54, 1.807) is 18.2 Å². The highest BCUT2D eigenvalue weighted by atomic mass is 35.5. The third-order valence-corrected chi connectivity index (χ3v) is 6.36. The average Bonchev–Trinajstić information content (AvgIpc) is 2.80. The van der Waals surface area contributed by atoms with Gasteiger partial charge in [0.2, 0.25) is 11.8 Å². The number of hydrogen-bond donors (Lipinski definition) is 1. The number of likely N-dealkylation sites (N-methyl/N-ethyl adjacent to an activating group) is 1. The quantitative estimate of drug-likeness (QED) is 0.424. The second-order valence-corrected chi connectivity index (χ2v) is 8.64. The molecule has 3 aromatic carbocycles. The molecule has 0 spiro atoms. The summed E-state index contributed by atoms with van der Waals surface area (Å²) in [6.07, 6.45) is -0.0742. The van der Waals surface area contributed by atoms with Crippen LogP contribution in [0.3, 0.4) is 0 Å². The molecule has 3 rings (SSSR count). The van der Waals surface area contributed by atoms with E-state index in [4.69, 9.17) is 34.8 Å². The zero-order valence-corrected chi connectivity index (χ0v) is 20.1. The van der Waals surface area contributed by atoms with Gasteiger partial charge in [-0.25, -0.2) is 4.39 Å². The third kappa shape index (κ3) is 6.26. The number of benzene rings is 3. The third-order valence-electron chi connectivity index (χ3n) is 5.30. The zero-order chi connectivity index (χ0) is 24.0. The molecule has 0 aliphatic rings. The maximum atomic E-state index is 14.4. The van der Waals surface area contributed by atoms with Crippen molar-refractivity contribution in [2.45, 2.75) is 25.4 Å². The van der Waals surface area contributed by atoms with Crippen LogP contribution >= 0.6 is 34.8 Å². The molecular formula is C25H22Cl3FN2O2. The summed E-state index contributed by atoms with van der Waals surface area (Å²) >= 11 is 18.9. The Morgan fingerprint density at radius 2 is 1.45 bits per heavy atom. The highest BCUT2D eigenvalue weighted by molar-refractivity contribution is 6.36. The molecule has 0 radical (unpaired) electrons. The van der Waals surface area contributed by atoms with Crippen molar-refractivity contribution in [1.29, 1.82) is 0 Å². The average molecular weight is 508 g/mol. The Bertz CT molecular complexity index is 1100. The summed E-state index contributed by atoms with van der Waals surface area (Å²) in [5, 5.41) is 3.48. The fraction of sp³-hybridized carbons (Fsp3) is 0.200. The molecule has 33 heavy (non-hydrogen) atoms. The lowest BCUT2D eigenvalue weighted by Gasteiger charge is -2.32. The lowest BCUT2D eigenvalue weighted by Crippen LogP contribution is -2.50. The van der Waals surface area contributed by atoms with Crippen LogP contribution in [0.5, 0.6) is 0 Å². The van der Waals surface area contributed by atoms with Gasteiger partial charge in [0, 0.05) is 46.2 Å². The summed E-state index contributed by atoms with van der Waals surface area (Å²) < 4.78 is 14.4. The first-order valence-electron chi connectivity index (χ1n) is 10.2. The van der Waals surface area contributed by atoms with Crippen molar-refractivity contribution in [2.24, 2.45) is 0 Å². The van der Waals surface area contributed by atoms with E-state index in [2.05, 4.69) is 5.32 Å². The summed E-state index contributed by atoms with van der Waals surface area (Å²) in [4.78, 5) is 27.8. The predicted octanol–water partition coefficient (Wildman–Crippen LogP) is 5.71. The standard InChI is InChI=1S/C25H22Cl3FN2O2/c1-30-25(33)23(13-16-7-3-2-4-8-16)31(15-18-20(27)9-5-10-21(18)28)24(32)14-17-19(26)11-6-12-22(17)29/h2-12,23H,13-15H2,1H3,(H,30,33). The van der Waals surface area contributed by atoms with Gasteiger partial charge < -0.3 is 10.2 Å². The molecule has 1 unspecified atom stereocenters. The van der Waals surface area contributed by atoms with E-state index in [1.807, 2.05) is 30.3 Å². The van der Waals surface area contributed by atoms with Crippen LogP contribution < -0.4 is 5.32 Å². The van der Waals surface area contributed by atoms with Crippen molar-refractivity contribution in [3.05, 3.63) is 104 Å². The van der Waals surface area contributed by atoms with Crippen molar-refractivity contribution >= 4 is 46.6 Å². The molecule has 1 atom stereocenters. The smallest absolute Gasteiger partial charge is 0.242 e. The van der Waals surface area contributed by atoms with E-state index in [9.17, 15) is 14.0 Å². The molecule has 2 amide bonds. The normalized spacial score (nSPS) is 11.7. The maximum absolute atomic E-state index is 14.4. The van der Waals surface area contributed by atoms with Crippen LogP contribution in [0.1, 0.15) is 16.7 Å². The number of hydrogen-bond acceptors (Lipinski definition) is 2. The Hall–Kier alpha value is -2.60. The molecule has 0 saturated heterocycles. The SMILES string of the molecule is CNC(=O)C(Cc1ccccc1)N(Cc1c(Cl)cccc1Cl)C(=O)Cc1c(F)cccc1Cl. The van der Waals surface area contributed by atoms with Gasteiger partial charge in [-0.15, -0.1) is 0 Å². The molecule has 0 fully saturated rings. The van der Waals surface area contributed by atoms with E-state index >= 15 is 0 Å². The molecule has 0 bridgehead atoms. The molecule has 4 nitrogen and oxygen atoms in total. The molecule has 0 aliphatic carbocycles. The lowest BCUT2D eigenvalue weighted by atomic mass is 10.0. The first-order valence-corrected chi connectivity index (χ1v) is 11.4. The van der Waals surface area contributed by atoms with Crippen molar-refractivity contribution in [3.8, 4) is 0 Å². The van der Waals surface area contributed by atoms with Crippen molar-refractivity contribution in [2.75, 3.05) is 7.05 Å². The summed E-state index contributed by atoms with van der Waals surface area (Å²) in [7, 11) is 1.50. The highest BCUT2D eigenvalue weighted by Crippen LogP contribution is 2.28. The number of carbonyl (C=O) groups is 2. The van der Waals surface area contributed by atoms with Gasteiger partial charge >= 0.3 is 0 Å². The number of rotatable bonds is 8. The molecule has 0 aliphatic heterocycles. The molecule has 1 N–H and O–H groups in total. The van der Waals surface area contributed by atoms with Gasteiger partial charge in [-0.05, 0) is 29.8 Å². The predicted molar refractivity (Wildman–Crippen MR) is 130 cm³/mol. The van der Waals surface area contributed by atoms with Crippen LogP contribution in [-0.4, -0.2) is 29.8 Å². The Morgan fingerprint density at radius 3 is 2.03 bits per heavy atom. The summed E-state index contributed by atoms with van der Waals surface area (Å²) in [6.45, 7) is -0.0334. The van der Waals surface area contributed by atoms with Crippen LogP contribution in [0.4, 0.5) is 4.39 Å². The van der Waals surface area contributed by atoms with Crippen LogP contribution in [0.25, 0.3) is 0 Å². The van der Waals surface area contributed by atoms with E-state index in [1.165, 1.54) is 30.1 Å².